The van der Waals surface area contributed by atoms with Crippen LogP contribution in [-0.2, 0) is 11.5 Å². The summed E-state index contributed by atoms with van der Waals surface area (Å²) in [4.78, 5) is 24.7. The van der Waals surface area contributed by atoms with Gasteiger partial charge in [0.25, 0.3) is 5.56 Å². The first-order valence-electron chi connectivity index (χ1n) is 5.42. The maximum Gasteiger partial charge on any atom is 0.330 e. The number of hydrogen-bond acceptors (Lipinski definition) is 5. The van der Waals surface area contributed by atoms with Gasteiger partial charge in [0.05, 0.1) is 24.7 Å². The molecule has 0 saturated heterocycles. The van der Waals surface area contributed by atoms with E-state index in [0.29, 0.717) is 5.56 Å². The van der Waals surface area contributed by atoms with Gasteiger partial charge in [0.2, 0.25) is 0 Å². The van der Waals surface area contributed by atoms with Crippen LogP contribution < -0.4 is 11.2 Å². The third-order valence-corrected chi connectivity index (χ3v) is 2.56. The van der Waals surface area contributed by atoms with E-state index < -0.39 is 23.3 Å². The van der Waals surface area contributed by atoms with Crippen LogP contribution in [-0.4, -0.2) is 27.4 Å². The number of nitrogens with zero attached hydrogens (tertiary/aromatic N) is 2. The van der Waals surface area contributed by atoms with E-state index in [1.54, 1.807) is 13.8 Å². The Kier molecular flexibility index (Phi) is 4.83. The number of aryl methyl sites for hydroxylation is 1. The molecule has 0 spiro atoms. The van der Waals surface area contributed by atoms with E-state index in [4.69, 9.17) is 15.1 Å². The number of aliphatic hydroxyl groups excluding tert-OH is 1. The van der Waals surface area contributed by atoms with Gasteiger partial charge < -0.3 is 9.84 Å². The highest BCUT2D eigenvalue weighted by Gasteiger charge is 2.16. The quantitative estimate of drug-likeness (QED) is 0.724. The van der Waals surface area contributed by atoms with E-state index >= 15 is 0 Å². The molecule has 1 heterocycles. The lowest BCUT2D eigenvalue weighted by Gasteiger charge is -2.17. The van der Waals surface area contributed by atoms with E-state index in [1.165, 1.54) is 10.8 Å². The van der Waals surface area contributed by atoms with Crippen molar-refractivity contribution in [1.82, 2.24) is 9.55 Å². The second-order valence-corrected chi connectivity index (χ2v) is 3.98. The molecule has 7 heteroatoms. The molecule has 1 aromatic rings. The zero-order chi connectivity index (χ0) is 13.7. The molecule has 2 unspecified atom stereocenters. The van der Waals surface area contributed by atoms with E-state index in [9.17, 15) is 9.59 Å². The number of rotatable bonds is 5. The first-order valence-corrected chi connectivity index (χ1v) is 5.42. The molecule has 1 aromatic heterocycles. The molecule has 0 aromatic carbocycles. The lowest BCUT2D eigenvalue weighted by atomic mass is 10.1. The van der Waals surface area contributed by atoms with Crippen molar-refractivity contribution in [1.29, 1.82) is 5.26 Å². The predicted octanol–water partition coefficient (Wildman–Crippen LogP) is -0.660. The molecule has 2 atom stereocenters. The van der Waals surface area contributed by atoms with E-state index in [0.717, 1.165) is 0 Å². The molecule has 0 aliphatic carbocycles. The third kappa shape index (κ3) is 3.29. The average molecular weight is 253 g/mol. The van der Waals surface area contributed by atoms with Gasteiger partial charge in [-0.25, -0.2) is 4.79 Å². The molecule has 1 rings (SSSR count). The Labute approximate surface area is 103 Å². The van der Waals surface area contributed by atoms with Crippen molar-refractivity contribution in [3.05, 3.63) is 32.6 Å². The molecule has 0 fully saturated rings. The van der Waals surface area contributed by atoms with Crippen LogP contribution in [0.15, 0.2) is 15.8 Å². The Hall–Kier alpha value is -1.91. The molecular formula is C11H15N3O4. The van der Waals surface area contributed by atoms with Crippen LogP contribution in [0.4, 0.5) is 0 Å². The molecule has 0 aliphatic rings. The number of H-pyrrole nitrogens is 1. The van der Waals surface area contributed by atoms with E-state index in [-0.39, 0.29) is 13.3 Å². The van der Waals surface area contributed by atoms with Crippen LogP contribution in [0.1, 0.15) is 12.5 Å². The summed E-state index contributed by atoms with van der Waals surface area (Å²) in [6.07, 6.45) is 0.696. The fourth-order valence-corrected chi connectivity index (χ4v) is 1.33. The number of aromatic amines is 1. The number of ether oxygens (including phenoxy) is 1. The summed E-state index contributed by atoms with van der Waals surface area (Å²) < 4.78 is 6.44. The highest BCUT2D eigenvalue weighted by Crippen LogP contribution is 2.06. The summed E-state index contributed by atoms with van der Waals surface area (Å²) >= 11 is 0. The minimum absolute atomic E-state index is 0.131. The van der Waals surface area contributed by atoms with Crippen molar-refractivity contribution in [2.45, 2.75) is 26.7 Å². The van der Waals surface area contributed by atoms with Gasteiger partial charge in [-0.3, -0.25) is 14.3 Å². The second kappa shape index (κ2) is 6.14. The summed E-state index contributed by atoms with van der Waals surface area (Å²) in [5, 5.41) is 17.8. The van der Waals surface area contributed by atoms with Crippen LogP contribution in [0.2, 0.25) is 0 Å². The first-order chi connectivity index (χ1) is 8.49. The molecule has 7 nitrogen and oxygen atoms in total. The van der Waals surface area contributed by atoms with Gasteiger partial charge in [-0.05, 0) is 13.8 Å². The van der Waals surface area contributed by atoms with Gasteiger partial charge in [0.1, 0.15) is 6.73 Å². The molecule has 0 aliphatic heterocycles. The smallest absolute Gasteiger partial charge is 0.330 e. The van der Waals surface area contributed by atoms with Crippen LogP contribution in [0.3, 0.4) is 0 Å². The minimum Gasteiger partial charge on any atom is -0.394 e. The number of aliphatic hydroxyl groups is 1. The number of nitrogens with one attached hydrogen (secondary N) is 1. The largest absolute Gasteiger partial charge is 0.394 e. The molecule has 0 radical (unpaired) electrons. The first kappa shape index (κ1) is 14.2. The van der Waals surface area contributed by atoms with Gasteiger partial charge in [0, 0.05) is 11.8 Å². The molecule has 0 bridgehead atoms. The fraction of sp³-hybridized carbons (Fsp3) is 0.545. The van der Waals surface area contributed by atoms with Gasteiger partial charge in [0.15, 0.2) is 0 Å². The van der Waals surface area contributed by atoms with Gasteiger partial charge in [-0.15, -0.1) is 0 Å². The zero-order valence-corrected chi connectivity index (χ0v) is 10.2. The van der Waals surface area contributed by atoms with Crippen molar-refractivity contribution in [2.24, 2.45) is 5.92 Å². The third-order valence-electron chi connectivity index (χ3n) is 2.56. The maximum atomic E-state index is 11.4. The van der Waals surface area contributed by atoms with Crippen molar-refractivity contribution < 1.29 is 9.84 Å². The number of aromatic nitrogens is 2. The normalized spacial score (nSPS) is 13.9. The summed E-state index contributed by atoms with van der Waals surface area (Å²) in [7, 11) is 0. The summed E-state index contributed by atoms with van der Waals surface area (Å²) in [6, 6.07) is 1.96. The van der Waals surface area contributed by atoms with Crippen molar-refractivity contribution in [3.63, 3.8) is 0 Å². The Morgan fingerprint density at radius 1 is 1.61 bits per heavy atom. The number of hydrogen-bond donors (Lipinski definition) is 2. The van der Waals surface area contributed by atoms with Gasteiger partial charge in [-0.1, -0.05) is 0 Å². The monoisotopic (exact) mass is 253 g/mol. The maximum absolute atomic E-state index is 11.4. The van der Waals surface area contributed by atoms with Crippen LogP contribution >= 0.6 is 0 Å². The standard InChI is InChI=1S/C11H15N3O4/c1-7(3-12)9(5-15)18-6-14-4-8(2)10(16)13-11(14)17/h4,7,9,15H,5-6H2,1-2H3,(H,13,16,17). The minimum atomic E-state index is -0.672. The average Bonchev–Trinajstić information content (AvgIpc) is 2.35. The fourth-order valence-electron chi connectivity index (χ4n) is 1.33. The Morgan fingerprint density at radius 2 is 2.28 bits per heavy atom. The van der Waals surface area contributed by atoms with Crippen molar-refractivity contribution in [2.75, 3.05) is 6.61 Å². The molecular weight excluding hydrogens is 238 g/mol. The molecule has 98 valence electrons. The highest BCUT2D eigenvalue weighted by atomic mass is 16.5. The Morgan fingerprint density at radius 3 is 2.83 bits per heavy atom. The number of nitriles is 1. The lowest BCUT2D eigenvalue weighted by Crippen LogP contribution is -2.34. The van der Waals surface area contributed by atoms with Crippen LogP contribution in [0.5, 0.6) is 0 Å². The van der Waals surface area contributed by atoms with Crippen molar-refractivity contribution >= 4 is 0 Å². The summed E-state index contributed by atoms with van der Waals surface area (Å²) in [5.74, 6) is -0.491. The SMILES string of the molecule is Cc1cn(COC(CO)C(C)C#N)c(=O)[nH]c1=O. The van der Waals surface area contributed by atoms with Crippen LogP contribution in [0, 0.1) is 24.2 Å². The summed E-state index contributed by atoms with van der Waals surface area (Å²) in [6.45, 7) is 2.73. The van der Waals surface area contributed by atoms with Gasteiger partial charge in [-0.2, -0.15) is 5.26 Å². The molecule has 18 heavy (non-hydrogen) atoms. The second-order valence-electron chi connectivity index (χ2n) is 3.98. The summed E-state index contributed by atoms with van der Waals surface area (Å²) in [5.41, 5.74) is -0.653. The molecule has 0 saturated carbocycles. The highest BCUT2D eigenvalue weighted by molar-refractivity contribution is 5.00. The predicted molar refractivity (Wildman–Crippen MR) is 62.8 cm³/mol. The topological polar surface area (TPSA) is 108 Å². The Bertz CT molecular complexity index is 555. The van der Waals surface area contributed by atoms with E-state index in [1.807, 2.05) is 6.07 Å². The zero-order valence-electron chi connectivity index (χ0n) is 10.2. The Balaban J connectivity index is 2.81. The molecule has 2 N–H and O–H groups in total. The van der Waals surface area contributed by atoms with Crippen molar-refractivity contribution in [3.8, 4) is 6.07 Å². The lowest BCUT2D eigenvalue weighted by molar-refractivity contribution is -0.0417. The van der Waals surface area contributed by atoms with Crippen LogP contribution in [0.25, 0.3) is 0 Å². The van der Waals surface area contributed by atoms with E-state index in [2.05, 4.69) is 4.98 Å². The van der Waals surface area contributed by atoms with Gasteiger partial charge >= 0.3 is 5.69 Å². The molecule has 0 amide bonds.